The number of fused-ring (bicyclic) bond motifs is 2. The summed E-state index contributed by atoms with van der Waals surface area (Å²) in [5, 5.41) is 7.28. The predicted octanol–water partition coefficient (Wildman–Crippen LogP) is 3.27. The second kappa shape index (κ2) is 6.38. The number of hydrogen-bond acceptors (Lipinski definition) is 3. The second-order valence-corrected chi connectivity index (χ2v) is 7.36. The summed E-state index contributed by atoms with van der Waals surface area (Å²) in [7, 11) is 0. The molecule has 5 nitrogen and oxygen atoms in total. The van der Waals surface area contributed by atoms with Gasteiger partial charge >= 0.3 is 0 Å². The van der Waals surface area contributed by atoms with Crippen LogP contribution in [0.25, 0.3) is 5.69 Å². The number of nitrogens with zero attached hydrogens (tertiary/aromatic N) is 3. The molecule has 5 heteroatoms. The summed E-state index contributed by atoms with van der Waals surface area (Å²) in [6.45, 7) is 2.04. The molecule has 1 amide bonds. The minimum Gasteiger partial charge on any atom is -0.350 e. The van der Waals surface area contributed by atoms with Crippen LogP contribution in [-0.2, 0) is 4.79 Å². The average Bonchev–Trinajstić information content (AvgIpc) is 3.32. The molecular formula is C19H24N4O. The highest BCUT2D eigenvalue weighted by Crippen LogP contribution is 2.49. The van der Waals surface area contributed by atoms with E-state index in [0.717, 1.165) is 23.1 Å². The Morgan fingerprint density at radius 1 is 1.29 bits per heavy atom. The highest BCUT2D eigenvalue weighted by atomic mass is 16.1. The molecule has 4 rings (SSSR count). The SMILES string of the molecule is C[C@@H](NC(=O)C[C@H]1C[C@H]2CC[C@H]1C2)c1ccc(-n2cncn2)cc1. The summed E-state index contributed by atoms with van der Waals surface area (Å²) in [6, 6.07) is 8.12. The third kappa shape index (κ3) is 3.07. The number of rotatable bonds is 5. The first-order valence-electron chi connectivity index (χ1n) is 8.93. The topological polar surface area (TPSA) is 59.8 Å². The minimum atomic E-state index is 0.0286. The molecular weight excluding hydrogens is 300 g/mol. The molecule has 0 aliphatic heterocycles. The number of carbonyl (C=O) groups excluding carboxylic acids is 1. The van der Waals surface area contributed by atoms with Gasteiger partial charge in [-0.05, 0) is 61.6 Å². The number of aromatic nitrogens is 3. The van der Waals surface area contributed by atoms with Crippen LogP contribution >= 0.6 is 0 Å². The molecule has 0 saturated heterocycles. The van der Waals surface area contributed by atoms with Crippen LogP contribution in [0.2, 0.25) is 0 Å². The van der Waals surface area contributed by atoms with E-state index < -0.39 is 0 Å². The zero-order chi connectivity index (χ0) is 16.5. The van der Waals surface area contributed by atoms with E-state index in [-0.39, 0.29) is 11.9 Å². The molecule has 1 heterocycles. The van der Waals surface area contributed by atoms with Gasteiger partial charge < -0.3 is 5.32 Å². The van der Waals surface area contributed by atoms with Gasteiger partial charge in [-0.3, -0.25) is 4.79 Å². The Balaban J connectivity index is 1.33. The normalized spacial score (nSPS) is 26.5. The number of nitrogens with one attached hydrogen (secondary N) is 1. The molecule has 1 aromatic heterocycles. The molecule has 0 unspecified atom stereocenters. The number of amides is 1. The molecule has 2 bridgehead atoms. The van der Waals surface area contributed by atoms with Crippen molar-refractivity contribution in [2.24, 2.45) is 17.8 Å². The maximum atomic E-state index is 12.4. The maximum absolute atomic E-state index is 12.4. The summed E-state index contributed by atoms with van der Waals surface area (Å²) < 4.78 is 1.72. The largest absolute Gasteiger partial charge is 0.350 e. The Labute approximate surface area is 142 Å². The molecule has 1 aromatic carbocycles. The van der Waals surface area contributed by atoms with Crippen molar-refractivity contribution in [3.63, 3.8) is 0 Å². The van der Waals surface area contributed by atoms with Crippen LogP contribution in [0.15, 0.2) is 36.9 Å². The lowest BCUT2D eigenvalue weighted by Gasteiger charge is -2.22. The lowest BCUT2D eigenvalue weighted by molar-refractivity contribution is -0.123. The van der Waals surface area contributed by atoms with E-state index in [4.69, 9.17) is 0 Å². The molecule has 2 aliphatic carbocycles. The van der Waals surface area contributed by atoms with E-state index in [9.17, 15) is 4.79 Å². The van der Waals surface area contributed by atoms with Crippen molar-refractivity contribution < 1.29 is 4.79 Å². The zero-order valence-electron chi connectivity index (χ0n) is 14.1. The minimum absolute atomic E-state index is 0.0286. The van der Waals surface area contributed by atoms with Crippen LogP contribution in [0, 0.1) is 17.8 Å². The van der Waals surface area contributed by atoms with Gasteiger partial charge in [0.25, 0.3) is 0 Å². The quantitative estimate of drug-likeness (QED) is 0.918. The van der Waals surface area contributed by atoms with Gasteiger partial charge in [0, 0.05) is 6.42 Å². The molecule has 2 aromatic rings. The molecule has 0 spiro atoms. The molecule has 126 valence electrons. The van der Waals surface area contributed by atoms with E-state index >= 15 is 0 Å². The fraction of sp³-hybridized carbons (Fsp3) is 0.526. The fourth-order valence-electron chi connectivity index (χ4n) is 4.51. The van der Waals surface area contributed by atoms with Gasteiger partial charge in [0.15, 0.2) is 0 Å². The van der Waals surface area contributed by atoms with Gasteiger partial charge in [0.1, 0.15) is 12.7 Å². The van der Waals surface area contributed by atoms with Crippen LogP contribution in [-0.4, -0.2) is 20.7 Å². The summed E-state index contributed by atoms with van der Waals surface area (Å²) in [4.78, 5) is 16.3. The molecule has 4 atom stereocenters. The molecule has 2 fully saturated rings. The van der Waals surface area contributed by atoms with Crippen LogP contribution in [0.5, 0.6) is 0 Å². The van der Waals surface area contributed by atoms with Crippen molar-refractivity contribution in [2.45, 2.75) is 45.1 Å². The first-order valence-corrected chi connectivity index (χ1v) is 8.93. The van der Waals surface area contributed by atoms with Gasteiger partial charge in [-0.25, -0.2) is 9.67 Å². The second-order valence-electron chi connectivity index (χ2n) is 7.36. The Hall–Kier alpha value is -2.17. The lowest BCUT2D eigenvalue weighted by Crippen LogP contribution is -2.29. The monoisotopic (exact) mass is 324 g/mol. The smallest absolute Gasteiger partial charge is 0.220 e. The third-order valence-corrected chi connectivity index (χ3v) is 5.79. The van der Waals surface area contributed by atoms with Crippen molar-refractivity contribution >= 4 is 5.91 Å². The van der Waals surface area contributed by atoms with Crippen LogP contribution < -0.4 is 5.32 Å². The van der Waals surface area contributed by atoms with Crippen molar-refractivity contribution in [3.05, 3.63) is 42.5 Å². The van der Waals surface area contributed by atoms with E-state index in [1.54, 1.807) is 11.0 Å². The Kier molecular flexibility index (Phi) is 4.08. The van der Waals surface area contributed by atoms with E-state index in [2.05, 4.69) is 15.4 Å². The van der Waals surface area contributed by atoms with E-state index in [1.165, 1.54) is 32.0 Å². The first kappa shape index (κ1) is 15.4. The number of benzene rings is 1. The Morgan fingerprint density at radius 2 is 2.12 bits per heavy atom. The van der Waals surface area contributed by atoms with Crippen molar-refractivity contribution in [3.8, 4) is 5.69 Å². The third-order valence-electron chi connectivity index (χ3n) is 5.79. The molecule has 0 radical (unpaired) electrons. The zero-order valence-corrected chi connectivity index (χ0v) is 14.1. The maximum Gasteiger partial charge on any atom is 0.220 e. The number of carbonyl (C=O) groups is 1. The summed E-state index contributed by atoms with van der Waals surface area (Å²) in [5.74, 6) is 2.51. The first-order chi connectivity index (χ1) is 11.7. The van der Waals surface area contributed by atoms with Crippen molar-refractivity contribution in [1.82, 2.24) is 20.1 Å². The number of hydrogen-bond donors (Lipinski definition) is 1. The van der Waals surface area contributed by atoms with Crippen LogP contribution in [0.4, 0.5) is 0 Å². The van der Waals surface area contributed by atoms with Gasteiger partial charge in [-0.1, -0.05) is 18.6 Å². The average molecular weight is 324 g/mol. The Morgan fingerprint density at radius 3 is 2.75 bits per heavy atom. The van der Waals surface area contributed by atoms with Gasteiger partial charge in [-0.15, -0.1) is 0 Å². The molecule has 2 saturated carbocycles. The van der Waals surface area contributed by atoms with Gasteiger partial charge in [-0.2, -0.15) is 5.10 Å². The summed E-state index contributed by atoms with van der Waals surface area (Å²) >= 11 is 0. The predicted molar refractivity (Wildman–Crippen MR) is 91.5 cm³/mol. The fourth-order valence-corrected chi connectivity index (χ4v) is 4.51. The van der Waals surface area contributed by atoms with Crippen LogP contribution in [0.1, 0.15) is 50.6 Å². The Bertz CT molecular complexity index is 695. The summed E-state index contributed by atoms with van der Waals surface area (Å²) in [5.41, 5.74) is 2.08. The molecule has 2 aliphatic rings. The lowest BCUT2D eigenvalue weighted by atomic mass is 9.86. The summed E-state index contributed by atoms with van der Waals surface area (Å²) in [6.07, 6.45) is 9.24. The highest BCUT2D eigenvalue weighted by Gasteiger charge is 2.40. The molecule has 24 heavy (non-hydrogen) atoms. The molecule has 1 N–H and O–H groups in total. The van der Waals surface area contributed by atoms with E-state index in [0.29, 0.717) is 12.3 Å². The standard InChI is InChI=1S/C19H24N4O/c1-13(15-4-6-18(7-5-15)23-12-20-11-21-23)22-19(24)10-17-9-14-2-3-16(17)8-14/h4-7,11-14,16-17H,2-3,8-10H2,1H3,(H,22,24)/t13-,14+,16+,17-/m1/s1. The van der Waals surface area contributed by atoms with Crippen molar-refractivity contribution in [1.29, 1.82) is 0 Å². The van der Waals surface area contributed by atoms with E-state index in [1.807, 2.05) is 31.2 Å². The highest BCUT2D eigenvalue weighted by molar-refractivity contribution is 5.76. The van der Waals surface area contributed by atoms with Gasteiger partial charge in [0.2, 0.25) is 5.91 Å². The van der Waals surface area contributed by atoms with Crippen molar-refractivity contribution in [2.75, 3.05) is 0 Å². The van der Waals surface area contributed by atoms with Gasteiger partial charge in [0.05, 0.1) is 11.7 Å². The van der Waals surface area contributed by atoms with Crippen LogP contribution in [0.3, 0.4) is 0 Å².